The average Bonchev–Trinajstić information content (AvgIpc) is 3.39. The Kier molecular flexibility index (Phi) is 48.6. The van der Waals surface area contributed by atoms with Crippen molar-refractivity contribution in [2.45, 2.75) is 314 Å². The van der Waals surface area contributed by atoms with E-state index in [1.807, 2.05) is 6.08 Å². The number of nitrogens with one attached hydrogen (secondary N) is 1. The molecule has 0 saturated carbocycles. The Hall–Kier alpha value is -2.38. The van der Waals surface area contributed by atoms with Crippen LogP contribution in [-0.4, -0.2) is 100 Å². The summed E-state index contributed by atoms with van der Waals surface area (Å²) in [5.74, 6) is -0.209. The Morgan fingerprint density at radius 3 is 1.44 bits per heavy atom. The lowest BCUT2D eigenvalue weighted by molar-refractivity contribution is -0.302. The van der Waals surface area contributed by atoms with Crippen molar-refractivity contribution in [1.82, 2.24) is 5.32 Å². The molecule has 0 aromatic rings. The van der Waals surface area contributed by atoms with Gasteiger partial charge in [-0.25, -0.2) is 0 Å². The minimum Gasteiger partial charge on any atom is -0.466 e. The molecule has 1 fully saturated rings. The number of rotatable bonds is 52. The lowest BCUT2D eigenvalue weighted by Gasteiger charge is -2.40. The lowest BCUT2D eigenvalue weighted by Crippen LogP contribution is -2.60. The van der Waals surface area contributed by atoms with Crippen molar-refractivity contribution in [3.05, 3.63) is 48.6 Å². The van der Waals surface area contributed by atoms with Crippen LogP contribution < -0.4 is 5.32 Å². The number of carbonyl (C=O) groups excluding carboxylic acids is 2. The number of carbonyl (C=O) groups is 2. The third-order valence-electron chi connectivity index (χ3n) is 14.2. The van der Waals surface area contributed by atoms with Crippen LogP contribution in [0, 0.1) is 0 Å². The maximum Gasteiger partial charge on any atom is 0.305 e. The minimum absolute atomic E-state index is 0.0177. The predicted molar refractivity (Wildman–Crippen MR) is 301 cm³/mol. The van der Waals surface area contributed by atoms with Gasteiger partial charge in [0.25, 0.3) is 0 Å². The molecule has 7 atom stereocenters. The molecule has 0 aromatic heterocycles. The summed E-state index contributed by atoms with van der Waals surface area (Å²) in [7, 11) is 0. The van der Waals surface area contributed by atoms with Gasteiger partial charge in [-0.2, -0.15) is 0 Å². The second kappa shape index (κ2) is 51.7. The van der Waals surface area contributed by atoms with Crippen LogP contribution in [0.5, 0.6) is 0 Å². The van der Waals surface area contributed by atoms with Gasteiger partial charge in [0.05, 0.1) is 32.0 Å². The van der Waals surface area contributed by atoms with Crippen LogP contribution in [0.4, 0.5) is 0 Å². The van der Waals surface area contributed by atoms with Crippen LogP contribution in [0.3, 0.4) is 0 Å². The fourth-order valence-corrected chi connectivity index (χ4v) is 9.27. The first-order chi connectivity index (χ1) is 35.7. The van der Waals surface area contributed by atoms with Gasteiger partial charge < -0.3 is 45.1 Å². The van der Waals surface area contributed by atoms with Crippen LogP contribution in [-0.2, 0) is 23.8 Å². The Balaban J connectivity index is 2.01. The van der Waals surface area contributed by atoms with Gasteiger partial charge in [-0.05, 0) is 83.5 Å². The molecule has 426 valence electrons. The summed E-state index contributed by atoms with van der Waals surface area (Å²) in [5.41, 5.74) is 0. The molecule has 6 N–H and O–H groups in total. The van der Waals surface area contributed by atoms with Crippen LogP contribution >= 0.6 is 0 Å². The van der Waals surface area contributed by atoms with E-state index in [0.717, 1.165) is 89.9 Å². The van der Waals surface area contributed by atoms with E-state index in [0.29, 0.717) is 19.4 Å². The standard InChI is InChI=1S/C62H113NO10/c1-3-5-7-9-11-13-14-15-27-30-34-38-42-46-50-58(67)71-51-47-43-39-35-31-28-25-23-21-19-17-16-18-20-22-24-26-29-33-37-41-45-49-57(66)63-54(55(65)48-44-40-36-32-12-10-8-6-4-2)53-72-62-61(70)60(69)59(68)56(52-64)73-62/h9,11,14-15,18,20,44,48,54-56,59-62,64-65,68-70H,3-8,10,12-13,16-17,19,21-43,45-47,49-53H2,1-2H3,(H,63,66)/b11-9-,15-14-,20-18-,48-44+. The molecule has 1 saturated heterocycles. The zero-order valence-electron chi connectivity index (χ0n) is 46.8. The van der Waals surface area contributed by atoms with Crippen molar-refractivity contribution >= 4 is 11.9 Å². The molecule has 1 heterocycles. The molecular formula is C62H113NO10. The smallest absolute Gasteiger partial charge is 0.305 e. The van der Waals surface area contributed by atoms with Gasteiger partial charge >= 0.3 is 5.97 Å². The molecule has 0 spiro atoms. The molecule has 0 aromatic carbocycles. The van der Waals surface area contributed by atoms with Crippen molar-refractivity contribution in [2.24, 2.45) is 0 Å². The summed E-state index contributed by atoms with van der Waals surface area (Å²) in [6.45, 7) is 4.26. The maximum absolute atomic E-state index is 13.0. The van der Waals surface area contributed by atoms with Gasteiger partial charge in [-0.3, -0.25) is 9.59 Å². The molecule has 1 aliphatic rings. The predicted octanol–water partition coefficient (Wildman–Crippen LogP) is 14.1. The molecule has 1 rings (SSSR count). The van der Waals surface area contributed by atoms with Crippen molar-refractivity contribution < 1.29 is 49.3 Å². The number of esters is 1. The van der Waals surface area contributed by atoms with Crippen LogP contribution in [0.25, 0.3) is 0 Å². The number of amides is 1. The Labute approximate surface area is 446 Å². The van der Waals surface area contributed by atoms with Crippen LogP contribution in [0.2, 0.25) is 0 Å². The second-order valence-corrected chi connectivity index (χ2v) is 21.0. The first-order valence-corrected chi connectivity index (χ1v) is 30.4. The Bertz CT molecular complexity index is 1350. The second-order valence-electron chi connectivity index (χ2n) is 21.0. The van der Waals surface area contributed by atoms with Crippen molar-refractivity contribution in [3.8, 4) is 0 Å². The third kappa shape index (κ3) is 41.5. The van der Waals surface area contributed by atoms with Gasteiger partial charge in [0, 0.05) is 12.8 Å². The normalized spacial score (nSPS) is 19.2. The molecule has 0 bridgehead atoms. The summed E-state index contributed by atoms with van der Waals surface area (Å²) in [4.78, 5) is 25.0. The van der Waals surface area contributed by atoms with Crippen LogP contribution in [0.1, 0.15) is 271 Å². The van der Waals surface area contributed by atoms with E-state index in [1.54, 1.807) is 6.08 Å². The average molecular weight is 1030 g/mol. The van der Waals surface area contributed by atoms with E-state index in [9.17, 15) is 35.1 Å². The number of hydrogen-bond acceptors (Lipinski definition) is 10. The van der Waals surface area contributed by atoms with E-state index >= 15 is 0 Å². The highest BCUT2D eigenvalue weighted by Gasteiger charge is 2.44. The number of aliphatic hydroxyl groups is 5. The summed E-state index contributed by atoms with van der Waals surface area (Å²) in [6, 6.07) is -0.814. The molecule has 0 radical (unpaired) electrons. The SMILES string of the molecule is CCCC/C=C\C/C=C\CCCCCCCC(=O)OCCCCCCCCCCCCC/C=C\CCCCCCCCCC(=O)NC(COC1OC(CO)C(O)C(O)C1O)C(O)/C=C/CCCCCCCCC. The first kappa shape index (κ1) is 68.6. The number of unbranched alkanes of at least 4 members (excludes halogenated alkanes) is 32. The van der Waals surface area contributed by atoms with Gasteiger partial charge in [-0.1, -0.05) is 223 Å². The quantitative estimate of drug-likeness (QED) is 0.0195. The van der Waals surface area contributed by atoms with Gasteiger partial charge in [0.1, 0.15) is 24.4 Å². The number of hydrogen-bond donors (Lipinski definition) is 6. The summed E-state index contributed by atoms with van der Waals surface area (Å²) >= 11 is 0. The van der Waals surface area contributed by atoms with Crippen LogP contribution in [0.15, 0.2) is 48.6 Å². The van der Waals surface area contributed by atoms with E-state index in [1.165, 1.54) is 154 Å². The molecule has 73 heavy (non-hydrogen) atoms. The monoisotopic (exact) mass is 1030 g/mol. The molecule has 1 amide bonds. The fraction of sp³-hybridized carbons (Fsp3) is 0.839. The highest BCUT2D eigenvalue weighted by atomic mass is 16.7. The topological polar surface area (TPSA) is 175 Å². The number of aliphatic hydroxyl groups excluding tert-OH is 5. The highest BCUT2D eigenvalue weighted by molar-refractivity contribution is 5.76. The number of ether oxygens (including phenoxy) is 3. The van der Waals surface area contributed by atoms with Crippen molar-refractivity contribution in [2.75, 3.05) is 19.8 Å². The van der Waals surface area contributed by atoms with E-state index in [4.69, 9.17) is 14.2 Å². The summed E-state index contributed by atoms with van der Waals surface area (Å²) in [6.07, 6.45) is 55.0. The molecule has 11 nitrogen and oxygen atoms in total. The van der Waals surface area contributed by atoms with Gasteiger partial charge in [0.15, 0.2) is 6.29 Å². The fourth-order valence-electron chi connectivity index (χ4n) is 9.27. The van der Waals surface area contributed by atoms with E-state index < -0.39 is 49.5 Å². The lowest BCUT2D eigenvalue weighted by atomic mass is 9.99. The highest BCUT2D eigenvalue weighted by Crippen LogP contribution is 2.23. The largest absolute Gasteiger partial charge is 0.466 e. The Morgan fingerprint density at radius 1 is 0.507 bits per heavy atom. The first-order valence-electron chi connectivity index (χ1n) is 30.4. The summed E-state index contributed by atoms with van der Waals surface area (Å²) in [5, 5.41) is 54.2. The summed E-state index contributed by atoms with van der Waals surface area (Å²) < 4.78 is 16.7. The molecule has 11 heteroatoms. The molecule has 1 aliphatic heterocycles. The Morgan fingerprint density at radius 2 is 0.932 bits per heavy atom. The third-order valence-corrected chi connectivity index (χ3v) is 14.2. The number of allylic oxidation sites excluding steroid dienone is 7. The van der Waals surface area contributed by atoms with E-state index in [-0.39, 0.29) is 18.5 Å². The zero-order chi connectivity index (χ0) is 53.1. The van der Waals surface area contributed by atoms with E-state index in [2.05, 4.69) is 55.6 Å². The molecule has 0 aliphatic carbocycles. The van der Waals surface area contributed by atoms with Gasteiger partial charge in [0.2, 0.25) is 5.91 Å². The molecular weight excluding hydrogens is 919 g/mol. The minimum atomic E-state index is -1.57. The van der Waals surface area contributed by atoms with Crippen molar-refractivity contribution in [1.29, 1.82) is 0 Å². The molecule has 7 unspecified atom stereocenters. The van der Waals surface area contributed by atoms with Gasteiger partial charge in [-0.15, -0.1) is 0 Å². The van der Waals surface area contributed by atoms with Crippen molar-refractivity contribution in [3.63, 3.8) is 0 Å². The maximum atomic E-state index is 13.0. The zero-order valence-corrected chi connectivity index (χ0v) is 46.8.